The minimum Gasteiger partial charge on any atom is -0.381 e. The van der Waals surface area contributed by atoms with Crippen LogP contribution in [0.3, 0.4) is 0 Å². The van der Waals surface area contributed by atoms with Gasteiger partial charge in [-0.05, 0) is 25.7 Å². The maximum atomic E-state index is 5.40. The minimum atomic E-state index is 0.476. The summed E-state index contributed by atoms with van der Waals surface area (Å²) in [6.07, 6.45) is 3.88. The second-order valence-electron chi connectivity index (χ2n) is 4.69. The van der Waals surface area contributed by atoms with E-state index in [-0.39, 0.29) is 0 Å². The summed E-state index contributed by atoms with van der Waals surface area (Å²) in [7, 11) is 0. The zero-order valence-corrected chi connectivity index (χ0v) is 10.7. The highest BCUT2D eigenvalue weighted by Crippen LogP contribution is 2.16. The quantitative estimate of drug-likeness (QED) is 0.809. The Hall–Kier alpha value is -0.940. The van der Waals surface area contributed by atoms with Crippen LogP contribution in [0, 0.1) is 5.92 Å². The largest absolute Gasteiger partial charge is 0.381 e. The van der Waals surface area contributed by atoms with E-state index in [2.05, 4.69) is 29.2 Å². The van der Waals surface area contributed by atoms with Crippen LogP contribution in [0.2, 0.25) is 0 Å². The SMILES string of the molecule is CCCn1ncnc1CNC(C)C1CCOC1. The van der Waals surface area contributed by atoms with Crippen LogP contribution in [0.25, 0.3) is 0 Å². The Morgan fingerprint density at radius 2 is 2.53 bits per heavy atom. The maximum Gasteiger partial charge on any atom is 0.140 e. The van der Waals surface area contributed by atoms with Crippen molar-refractivity contribution in [3.63, 3.8) is 0 Å². The molecule has 1 N–H and O–H groups in total. The number of hydrogen-bond acceptors (Lipinski definition) is 4. The highest BCUT2D eigenvalue weighted by molar-refractivity contribution is 4.86. The second kappa shape index (κ2) is 6.12. The van der Waals surface area contributed by atoms with E-state index in [0.717, 1.165) is 45.0 Å². The van der Waals surface area contributed by atoms with E-state index in [0.29, 0.717) is 12.0 Å². The highest BCUT2D eigenvalue weighted by atomic mass is 16.5. The van der Waals surface area contributed by atoms with Crippen molar-refractivity contribution in [3.05, 3.63) is 12.2 Å². The van der Waals surface area contributed by atoms with Gasteiger partial charge in [-0.2, -0.15) is 5.10 Å². The molecule has 1 aromatic heterocycles. The number of hydrogen-bond donors (Lipinski definition) is 1. The average molecular weight is 238 g/mol. The fraction of sp³-hybridized carbons (Fsp3) is 0.833. The van der Waals surface area contributed by atoms with Crippen LogP contribution in [-0.2, 0) is 17.8 Å². The molecule has 0 amide bonds. The van der Waals surface area contributed by atoms with Gasteiger partial charge < -0.3 is 10.1 Å². The van der Waals surface area contributed by atoms with Crippen molar-refractivity contribution in [1.82, 2.24) is 20.1 Å². The first-order valence-electron chi connectivity index (χ1n) is 6.49. The Kier molecular flexibility index (Phi) is 4.50. The molecule has 2 unspecified atom stereocenters. The van der Waals surface area contributed by atoms with Crippen LogP contribution in [-0.4, -0.2) is 34.0 Å². The van der Waals surface area contributed by atoms with Gasteiger partial charge in [-0.25, -0.2) is 9.67 Å². The zero-order chi connectivity index (χ0) is 12.1. The molecule has 0 aliphatic carbocycles. The van der Waals surface area contributed by atoms with Crippen LogP contribution in [0.1, 0.15) is 32.5 Å². The molecule has 5 heteroatoms. The monoisotopic (exact) mass is 238 g/mol. The van der Waals surface area contributed by atoms with Crippen molar-refractivity contribution in [2.24, 2.45) is 5.92 Å². The van der Waals surface area contributed by atoms with Gasteiger partial charge in [0, 0.05) is 19.2 Å². The number of rotatable bonds is 6. The van der Waals surface area contributed by atoms with Crippen LogP contribution in [0.15, 0.2) is 6.33 Å². The zero-order valence-electron chi connectivity index (χ0n) is 10.7. The van der Waals surface area contributed by atoms with Crippen LogP contribution < -0.4 is 5.32 Å². The van der Waals surface area contributed by atoms with Gasteiger partial charge >= 0.3 is 0 Å². The first-order chi connectivity index (χ1) is 8.31. The molecule has 0 bridgehead atoms. The van der Waals surface area contributed by atoms with Crippen LogP contribution in [0.4, 0.5) is 0 Å². The third-order valence-electron chi connectivity index (χ3n) is 3.39. The lowest BCUT2D eigenvalue weighted by Crippen LogP contribution is -2.34. The smallest absolute Gasteiger partial charge is 0.140 e. The van der Waals surface area contributed by atoms with E-state index >= 15 is 0 Å². The summed E-state index contributed by atoms with van der Waals surface area (Å²) < 4.78 is 7.38. The van der Waals surface area contributed by atoms with Crippen molar-refractivity contribution >= 4 is 0 Å². The van der Waals surface area contributed by atoms with E-state index in [1.165, 1.54) is 0 Å². The van der Waals surface area contributed by atoms with E-state index < -0.39 is 0 Å². The number of nitrogens with zero attached hydrogens (tertiary/aromatic N) is 3. The third kappa shape index (κ3) is 3.26. The number of aromatic nitrogens is 3. The molecule has 1 aliphatic heterocycles. The number of nitrogens with one attached hydrogen (secondary N) is 1. The Morgan fingerprint density at radius 3 is 3.24 bits per heavy atom. The Bertz CT molecular complexity index is 333. The second-order valence-corrected chi connectivity index (χ2v) is 4.69. The molecule has 1 aliphatic rings. The maximum absolute atomic E-state index is 5.40. The molecule has 5 nitrogen and oxygen atoms in total. The molecular formula is C12H22N4O. The van der Waals surface area contributed by atoms with Gasteiger partial charge in [0.1, 0.15) is 12.2 Å². The molecule has 2 atom stereocenters. The molecule has 0 radical (unpaired) electrons. The molecule has 0 saturated carbocycles. The van der Waals surface area contributed by atoms with Gasteiger partial charge in [0.15, 0.2) is 0 Å². The van der Waals surface area contributed by atoms with E-state index in [4.69, 9.17) is 4.74 Å². The summed E-state index contributed by atoms with van der Waals surface area (Å²) in [5.41, 5.74) is 0. The number of ether oxygens (including phenoxy) is 1. The predicted octanol–water partition coefficient (Wildman–Crippen LogP) is 1.20. The van der Waals surface area contributed by atoms with Crippen LogP contribution in [0.5, 0.6) is 0 Å². The Morgan fingerprint density at radius 1 is 1.65 bits per heavy atom. The topological polar surface area (TPSA) is 52.0 Å². The molecule has 2 heterocycles. The summed E-state index contributed by atoms with van der Waals surface area (Å²) >= 11 is 0. The first kappa shape index (κ1) is 12.5. The van der Waals surface area contributed by atoms with Gasteiger partial charge in [0.25, 0.3) is 0 Å². The van der Waals surface area contributed by atoms with Gasteiger partial charge in [0.2, 0.25) is 0 Å². The lowest BCUT2D eigenvalue weighted by Gasteiger charge is -2.19. The molecule has 1 saturated heterocycles. The van der Waals surface area contributed by atoms with Crippen molar-refractivity contribution < 1.29 is 4.74 Å². The summed E-state index contributed by atoms with van der Waals surface area (Å²) in [5, 5.41) is 7.74. The molecule has 0 aromatic carbocycles. The summed E-state index contributed by atoms with van der Waals surface area (Å²) in [4.78, 5) is 4.29. The summed E-state index contributed by atoms with van der Waals surface area (Å²) in [6.45, 7) is 7.89. The molecular weight excluding hydrogens is 216 g/mol. The standard InChI is InChI=1S/C12H22N4O/c1-3-5-16-12(14-9-15-16)7-13-10(2)11-4-6-17-8-11/h9-11,13H,3-8H2,1-2H3. The fourth-order valence-electron chi connectivity index (χ4n) is 2.19. The van der Waals surface area contributed by atoms with Gasteiger partial charge in [-0.1, -0.05) is 6.92 Å². The average Bonchev–Trinajstić information content (AvgIpc) is 2.97. The highest BCUT2D eigenvalue weighted by Gasteiger charge is 2.22. The molecule has 2 rings (SSSR count). The Balaban J connectivity index is 1.81. The number of aryl methyl sites for hydroxylation is 1. The third-order valence-corrected chi connectivity index (χ3v) is 3.39. The van der Waals surface area contributed by atoms with Crippen molar-refractivity contribution in [3.8, 4) is 0 Å². The van der Waals surface area contributed by atoms with Gasteiger partial charge in [-0.15, -0.1) is 0 Å². The fourth-order valence-corrected chi connectivity index (χ4v) is 2.19. The summed E-state index contributed by atoms with van der Waals surface area (Å²) in [5.74, 6) is 1.66. The van der Waals surface area contributed by atoms with Crippen LogP contribution >= 0.6 is 0 Å². The molecule has 1 fully saturated rings. The predicted molar refractivity (Wildman–Crippen MR) is 65.5 cm³/mol. The van der Waals surface area contributed by atoms with Gasteiger partial charge in [0.05, 0.1) is 13.2 Å². The van der Waals surface area contributed by atoms with Gasteiger partial charge in [-0.3, -0.25) is 0 Å². The van der Waals surface area contributed by atoms with Crippen molar-refractivity contribution in [2.45, 2.75) is 45.8 Å². The molecule has 0 spiro atoms. The lowest BCUT2D eigenvalue weighted by atomic mass is 10.0. The summed E-state index contributed by atoms with van der Waals surface area (Å²) in [6, 6.07) is 0.476. The first-order valence-corrected chi connectivity index (χ1v) is 6.49. The molecule has 96 valence electrons. The Labute approximate surface area is 103 Å². The van der Waals surface area contributed by atoms with Crippen molar-refractivity contribution in [1.29, 1.82) is 0 Å². The van der Waals surface area contributed by atoms with E-state index in [1.54, 1.807) is 6.33 Å². The minimum absolute atomic E-state index is 0.476. The van der Waals surface area contributed by atoms with Crippen molar-refractivity contribution in [2.75, 3.05) is 13.2 Å². The molecule has 1 aromatic rings. The van der Waals surface area contributed by atoms with E-state index in [9.17, 15) is 0 Å². The lowest BCUT2D eigenvalue weighted by molar-refractivity contribution is 0.178. The normalized spacial score (nSPS) is 21.9. The van der Waals surface area contributed by atoms with E-state index in [1.807, 2.05) is 4.68 Å². The molecule has 17 heavy (non-hydrogen) atoms.